The van der Waals surface area contributed by atoms with Crippen molar-refractivity contribution in [1.29, 1.82) is 0 Å². The van der Waals surface area contributed by atoms with Crippen LogP contribution in [0.2, 0.25) is 0 Å². The predicted octanol–water partition coefficient (Wildman–Crippen LogP) is 3.10. The Bertz CT molecular complexity index is 621. The van der Waals surface area contributed by atoms with Crippen LogP contribution in [0.25, 0.3) is 0 Å². The summed E-state index contributed by atoms with van der Waals surface area (Å²) in [6.07, 6.45) is 0. The summed E-state index contributed by atoms with van der Waals surface area (Å²) in [6.45, 7) is 6.14. The van der Waals surface area contributed by atoms with Crippen LogP contribution in [-0.2, 0) is 12.0 Å². The fourth-order valence-corrected chi connectivity index (χ4v) is 1.77. The van der Waals surface area contributed by atoms with Gasteiger partial charge < -0.3 is 15.2 Å². The molecule has 5 nitrogen and oxygen atoms in total. The third-order valence-electron chi connectivity index (χ3n) is 2.93. The van der Waals surface area contributed by atoms with Crippen LogP contribution in [0.4, 0.5) is 5.82 Å². The molecule has 0 amide bonds. The summed E-state index contributed by atoms with van der Waals surface area (Å²) in [5, 5.41) is 12.2. The molecule has 0 atom stereocenters. The number of nitrogens with one attached hydrogen (secondary N) is 1. The third kappa shape index (κ3) is 3.92. The Hall–Kier alpha value is -2.14. The van der Waals surface area contributed by atoms with Gasteiger partial charge in [-0.3, -0.25) is 0 Å². The van der Waals surface area contributed by atoms with E-state index >= 15 is 0 Å². The molecule has 1 aromatic carbocycles. The molecule has 0 spiro atoms. The van der Waals surface area contributed by atoms with Crippen LogP contribution in [0.15, 0.2) is 30.3 Å². The number of aliphatic hydroxyl groups excluding tert-OH is 1. The summed E-state index contributed by atoms with van der Waals surface area (Å²) < 4.78 is 5.80. The number of hydrogen-bond donors (Lipinski definition) is 2. The number of nitrogens with zero attached hydrogens (tertiary/aromatic N) is 2. The number of rotatable bonds is 4. The van der Waals surface area contributed by atoms with Crippen molar-refractivity contribution in [1.82, 2.24) is 9.97 Å². The number of ether oxygens (including phenoxy) is 1. The topological polar surface area (TPSA) is 67.3 Å². The minimum Gasteiger partial charge on any atom is -0.439 e. The second kappa shape index (κ2) is 6.10. The summed E-state index contributed by atoms with van der Waals surface area (Å²) >= 11 is 0. The lowest BCUT2D eigenvalue weighted by atomic mass is 9.96. The van der Waals surface area contributed by atoms with Gasteiger partial charge in [0.15, 0.2) is 0 Å². The van der Waals surface area contributed by atoms with Crippen LogP contribution in [-0.4, -0.2) is 22.1 Å². The molecule has 5 heteroatoms. The summed E-state index contributed by atoms with van der Waals surface area (Å²) in [7, 11) is 1.81. The van der Waals surface area contributed by atoms with Gasteiger partial charge in [-0.05, 0) is 17.7 Å². The minimum atomic E-state index is -0.169. The van der Waals surface area contributed by atoms with Crippen molar-refractivity contribution in [2.24, 2.45) is 0 Å². The predicted molar refractivity (Wildman–Crippen MR) is 82.7 cm³/mol. The normalized spacial score (nSPS) is 11.3. The molecular weight excluding hydrogens is 266 g/mol. The second-order valence-electron chi connectivity index (χ2n) is 5.82. The molecule has 2 rings (SSSR count). The Morgan fingerprint density at radius 1 is 1.19 bits per heavy atom. The van der Waals surface area contributed by atoms with E-state index in [1.165, 1.54) is 0 Å². The summed E-state index contributed by atoms with van der Waals surface area (Å²) in [5.74, 6) is 2.54. The van der Waals surface area contributed by atoms with E-state index in [-0.39, 0.29) is 12.0 Å². The minimum absolute atomic E-state index is 0.0179. The van der Waals surface area contributed by atoms with Gasteiger partial charge in [0, 0.05) is 18.5 Å². The smallest absolute Gasteiger partial charge is 0.224 e. The molecule has 0 radical (unpaired) electrons. The van der Waals surface area contributed by atoms with Gasteiger partial charge >= 0.3 is 0 Å². The molecule has 0 unspecified atom stereocenters. The highest BCUT2D eigenvalue weighted by atomic mass is 16.5. The SMILES string of the molecule is CNc1cc(Oc2cccc(CO)c2)nc(C(C)(C)C)n1. The van der Waals surface area contributed by atoms with Crippen LogP contribution in [0.3, 0.4) is 0 Å². The largest absolute Gasteiger partial charge is 0.439 e. The monoisotopic (exact) mass is 287 g/mol. The Kier molecular flexibility index (Phi) is 4.43. The first kappa shape index (κ1) is 15.3. The van der Waals surface area contributed by atoms with Crippen LogP contribution in [0.1, 0.15) is 32.2 Å². The summed E-state index contributed by atoms with van der Waals surface area (Å²) in [6, 6.07) is 9.05. The van der Waals surface area contributed by atoms with Gasteiger partial charge in [-0.1, -0.05) is 32.9 Å². The van der Waals surface area contributed by atoms with E-state index in [2.05, 4.69) is 36.1 Å². The molecule has 2 N–H and O–H groups in total. The number of aromatic nitrogens is 2. The van der Waals surface area contributed by atoms with Crippen LogP contribution in [0.5, 0.6) is 11.6 Å². The Morgan fingerprint density at radius 3 is 2.57 bits per heavy atom. The molecule has 0 fully saturated rings. The fourth-order valence-electron chi connectivity index (χ4n) is 1.77. The molecule has 0 aliphatic rings. The van der Waals surface area contributed by atoms with Crippen LogP contribution < -0.4 is 10.1 Å². The van der Waals surface area contributed by atoms with E-state index in [0.29, 0.717) is 23.3 Å². The molecule has 2 aromatic rings. The fraction of sp³-hybridized carbons (Fsp3) is 0.375. The number of anilines is 1. The van der Waals surface area contributed by atoms with Gasteiger partial charge in [0.25, 0.3) is 0 Å². The highest BCUT2D eigenvalue weighted by Gasteiger charge is 2.19. The Morgan fingerprint density at radius 2 is 1.95 bits per heavy atom. The quantitative estimate of drug-likeness (QED) is 0.904. The van der Waals surface area contributed by atoms with E-state index < -0.39 is 0 Å². The average molecular weight is 287 g/mol. The maximum absolute atomic E-state index is 9.17. The van der Waals surface area contributed by atoms with Gasteiger partial charge in [-0.25, -0.2) is 4.98 Å². The number of benzene rings is 1. The molecule has 21 heavy (non-hydrogen) atoms. The van der Waals surface area contributed by atoms with Crippen LogP contribution >= 0.6 is 0 Å². The van der Waals surface area contributed by atoms with Gasteiger partial charge in [-0.2, -0.15) is 4.98 Å². The van der Waals surface area contributed by atoms with E-state index in [1.54, 1.807) is 12.1 Å². The molecule has 0 saturated heterocycles. The molecule has 0 aliphatic carbocycles. The number of aliphatic hydroxyl groups is 1. The lowest BCUT2D eigenvalue weighted by molar-refractivity contribution is 0.281. The lowest BCUT2D eigenvalue weighted by Gasteiger charge is -2.18. The first-order chi connectivity index (χ1) is 9.92. The van der Waals surface area contributed by atoms with Crippen molar-refractivity contribution in [3.05, 3.63) is 41.7 Å². The van der Waals surface area contributed by atoms with Crippen molar-refractivity contribution >= 4 is 5.82 Å². The van der Waals surface area contributed by atoms with Crippen molar-refractivity contribution in [2.45, 2.75) is 32.8 Å². The Labute approximate surface area is 125 Å². The standard InChI is InChI=1S/C16H21N3O2/c1-16(2,3)15-18-13(17-4)9-14(19-15)21-12-7-5-6-11(8-12)10-20/h5-9,20H,10H2,1-4H3,(H,17,18,19). The number of hydrogen-bond acceptors (Lipinski definition) is 5. The van der Waals surface area contributed by atoms with Gasteiger partial charge in [0.2, 0.25) is 5.88 Å². The van der Waals surface area contributed by atoms with Gasteiger partial charge in [0.1, 0.15) is 17.4 Å². The first-order valence-electron chi connectivity index (χ1n) is 6.87. The zero-order chi connectivity index (χ0) is 15.5. The molecule has 0 saturated carbocycles. The molecule has 112 valence electrons. The highest BCUT2D eigenvalue weighted by Crippen LogP contribution is 2.26. The maximum Gasteiger partial charge on any atom is 0.224 e. The molecule has 0 aliphatic heterocycles. The van der Waals surface area contributed by atoms with E-state index in [0.717, 1.165) is 5.56 Å². The summed E-state index contributed by atoms with van der Waals surface area (Å²) in [5.41, 5.74) is 0.629. The highest BCUT2D eigenvalue weighted by molar-refractivity contribution is 5.40. The van der Waals surface area contributed by atoms with E-state index in [9.17, 15) is 0 Å². The van der Waals surface area contributed by atoms with Gasteiger partial charge in [0.05, 0.1) is 6.61 Å². The van der Waals surface area contributed by atoms with Crippen molar-refractivity contribution in [3.63, 3.8) is 0 Å². The molecular formula is C16H21N3O2. The average Bonchev–Trinajstić information content (AvgIpc) is 2.46. The van der Waals surface area contributed by atoms with E-state index in [1.807, 2.05) is 25.2 Å². The zero-order valence-corrected chi connectivity index (χ0v) is 12.8. The van der Waals surface area contributed by atoms with Crippen molar-refractivity contribution < 1.29 is 9.84 Å². The van der Waals surface area contributed by atoms with Gasteiger partial charge in [-0.15, -0.1) is 0 Å². The Balaban J connectivity index is 2.34. The zero-order valence-electron chi connectivity index (χ0n) is 12.8. The second-order valence-corrected chi connectivity index (χ2v) is 5.82. The summed E-state index contributed by atoms with van der Waals surface area (Å²) in [4.78, 5) is 8.92. The molecule has 1 heterocycles. The van der Waals surface area contributed by atoms with Crippen LogP contribution in [0, 0.1) is 0 Å². The molecule has 0 bridgehead atoms. The van der Waals surface area contributed by atoms with Crippen molar-refractivity contribution in [2.75, 3.05) is 12.4 Å². The third-order valence-corrected chi connectivity index (χ3v) is 2.93. The first-order valence-corrected chi connectivity index (χ1v) is 6.87. The lowest BCUT2D eigenvalue weighted by Crippen LogP contribution is -2.17. The maximum atomic E-state index is 9.17. The van der Waals surface area contributed by atoms with Crippen molar-refractivity contribution in [3.8, 4) is 11.6 Å². The molecule has 1 aromatic heterocycles. The van der Waals surface area contributed by atoms with E-state index in [4.69, 9.17) is 9.84 Å².